The van der Waals surface area contributed by atoms with E-state index in [2.05, 4.69) is 48.3 Å². The molecule has 6 atom stereocenters. The highest BCUT2D eigenvalue weighted by Gasteiger charge is 2.33. The molecule has 2 unspecified atom stereocenters. The lowest BCUT2D eigenvalue weighted by Gasteiger charge is -2.40. The maximum Gasteiger partial charge on any atom is 0.0792 e. The second-order valence-electron chi connectivity index (χ2n) is 6.73. The van der Waals surface area contributed by atoms with E-state index >= 15 is 0 Å². The van der Waals surface area contributed by atoms with Crippen LogP contribution in [0.2, 0.25) is 0 Å². The molecule has 0 aromatic heterocycles. The highest BCUT2D eigenvalue weighted by Crippen LogP contribution is 2.31. The van der Waals surface area contributed by atoms with E-state index in [1.165, 1.54) is 0 Å². The van der Waals surface area contributed by atoms with Gasteiger partial charge < -0.3 is 10.2 Å². The zero-order valence-corrected chi connectivity index (χ0v) is 16.1. The Morgan fingerprint density at radius 3 is 2.45 bits per heavy atom. The Labute approximate surface area is 150 Å². The Balaban J connectivity index is 1.74. The summed E-state index contributed by atoms with van der Waals surface area (Å²) in [6.07, 6.45) is 1.39. The average molecular weight is 367 g/mol. The Morgan fingerprint density at radius 1 is 1.14 bits per heavy atom. The molecule has 0 bridgehead atoms. The van der Waals surface area contributed by atoms with E-state index < -0.39 is 0 Å². The van der Waals surface area contributed by atoms with Gasteiger partial charge in [-0.3, -0.25) is 4.90 Å². The van der Waals surface area contributed by atoms with Gasteiger partial charge in [-0.25, -0.2) is 4.31 Å². The molecule has 0 aromatic rings. The molecule has 2 fully saturated rings. The number of likely N-dealkylation sites (tertiary alicyclic amines) is 1. The predicted octanol–water partition coefficient (Wildman–Crippen LogP) is 1.59. The zero-order valence-electron chi connectivity index (χ0n) is 13.5. The van der Waals surface area contributed by atoms with Gasteiger partial charge in [0.15, 0.2) is 0 Å². The maximum atomic E-state index is 10.4. The molecule has 0 spiro atoms. The minimum atomic E-state index is -0.328. The van der Waals surface area contributed by atoms with E-state index in [1.54, 1.807) is 0 Å². The Hall–Kier alpha value is 0.890. The molecule has 0 radical (unpaired) electrons. The highest BCUT2D eigenvalue weighted by atomic mass is 32.2. The van der Waals surface area contributed by atoms with Gasteiger partial charge in [-0.1, -0.05) is 18.9 Å². The minimum Gasteiger partial charge on any atom is -0.391 e. The molecule has 0 amide bonds. The lowest BCUT2D eigenvalue weighted by molar-refractivity contribution is 0.00182. The van der Waals surface area contributed by atoms with Crippen LogP contribution in [-0.4, -0.2) is 74.2 Å². The topological polar surface area (TPSA) is 46.9 Å². The number of nitrogens with zero attached hydrogens (tertiary/aromatic N) is 2. The summed E-state index contributed by atoms with van der Waals surface area (Å²) < 4.78 is 2.26. The van der Waals surface area contributed by atoms with Crippen molar-refractivity contribution >= 4 is 37.2 Å². The quantitative estimate of drug-likeness (QED) is 0.440. The maximum absolute atomic E-state index is 10.4. The van der Waals surface area contributed by atoms with Gasteiger partial charge in [0.25, 0.3) is 0 Å². The van der Waals surface area contributed by atoms with Crippen LogP contribution in [-0.2, 0) is 0 Å². The van der Waals surface area contributed by atoms with E-state index in [9.17, 15) is 10.2 Å². The van der Waals surface area contributed by atoms with Crippen LogP contribution in [0, 0.1) is 11.8 Å². The van der Waals surface area contributed by atoms with Gasteiger partial charge in [0.2, 0.25) is 0 Å². The molecular formula is C15H30N2O2S3. The number of hydrogen-bond acceptors (Lipinski definition) is 7. The standard InChI is InChI=1S/C15H30N2O2S3/c1-10(9-22-17-6-4-15(21)14(19)8-17)12-3-5-16(11(2)20)7-13(12)18/h10-15,18-21H,3-9H2,1-2H3/t10?,11?,12-,13+,14+,15-/m0/s1. The molecule has 7 heteroatoms. The first-order chi connectivity index (χ1) is 10.4. The number of aliphatic hydroxyl groups excluding tert-OH is 2. The van der Waals surface area contributed by atoms with Gasteiger partial charge >= 0.3 is 0 Å². The average Bonchev–Trinajstić information content (AvgIpc) is 2.48. The third kappa shape index (κ3) is 5.19. The van der Waals surface area contributed by atoms with Crippen molar-refractivity contribution in [2.24, 2.45) is 11.8 Å². The predicted molar refractivity (Wildman–Crippen MR) is 101 cm³/mol. The van der Waals surface area contributed by atoms with Crippen LogP contribution in [0.15, 0.2) is 0 Å². The lowest BCUT2D eigenvalue weighted by atomic mass is 9.84. The van der Waals surface area contributed by atoms with Crippen molar-refractivity contribution in [2.45, 2.75) is 49.5 Å². The Morgan fingerprint density at radius 2 is 1.86 bits per heavy atom. The van der Waals surface area contributed by atoms with E-state index in [0.717, 1.165) is 38.2 Å². The van der Waals surface area contributed by atoms with Crippen molar-refractivity contribution in [3.8, 4) is 0 Å². The molecule has 2 N–H and O–H groups in total. The van der Waals surface area contributed by atoms with Crippen LogP contribution in [0.3, 0.4) is 0 Å². The molecular weight excluding hydrogens is 336 g/mol. The third-order valence-corrected chi connectivity index (χ3v) is 7.25. The lowest BCUT2D eigenvalue weighted by Crippen LogP contribution is -2.48. The number of β-amino-alcohol motifs (C(OH)–C–C–N with tert-alkyl or cyclic N) is 2. The van der Waals surface area contributed by atoms with Crippen LogP contribution in [0.5, 0.6) is 0 Å². The molecule has 22 heavy (non-hydrogen) atoms. The summed E-state index contributed by atoms with van der Waals surface area (Å²) in [7, 11) is 0. The van der Waals surface area contributed by atoms with E-state index in [0.29, 0.717) is 18.4 Å². The van der Waals surface area contributed by atoms with Gasteiger partial charge in [-0.2, -0.15) is 25.3 Å². The summed E-state index contributed by atoms with van der Waals surface area (Å²) >= 11 is 10.7. The summed E-state index contributed by atoms with van der Waals surface area (Å²) in [5.41, 5.74) is 0. The highest BCUT2D eigenvalue weighted by molar-refractivity contribution is 7.97. The normalized spacial score (nSPS) is 37.9. The van der Waals surface area contributed by atoms with Crippen LogP contribution in [0.4, 0.5) is 0 Å². The van der Waals surface area contributed by atoms with Crippen LogP contribution in [0.25, 0.3) is 0 Å². The summed E-state index contributed by atoms with van der Waals surface area (Å²) in [5, 5.41) is 20.7. The van der Waals surface area contributed by atoms with Crippen molar-refractivity contribution in [3.05, 3.63) is 0 Å². The smallest absolute Gasteiger partial charge is 0.0792 e. The van der Waals surface area contributed by atoms with E-state index in [4.69, 9.17) is 0 Å². The first-order valence-corrected chi connectivity index (χ1v) is 10.2. The zero-order chi connectivity index (χ0) is 16.3. The van der Waals surface area contributed by atoms with Crippen molar-refractivity contribution in [3.63, 3.8) is 0 Å². The van der Waals surface area contributed by atoms with Gasteiger partial charge in [0.1, 0.15) is 0 Å². The Bertz CT molecular complexity index is 349. The molecule has 130 valence electrons. The molecule has 2 aliphatic rings. The van der Waals surface area contributed by atoms with Gasteiger partial charge in [-0.15, -0.1) is 0 Å². The van der Waals surface area contributed by atoms with E-state index in [1.807, 2.05) is 11.9 Å². The largest absolute Gasteiger partial charge is 0.391 e. The summed E-state index contributed by atoms with van der Waals surface area (Å²) in [6, 6.07) is 0. The summed E-state index contributed by atoms with van der Waals surface area (Å²) in [5.74, 6) is 1.84. The van der Waals surface area contributed by atoms with Crippen molar-refractivity contribution < 1.29 is 10.2 Å². The fourth-order valence-electron chi connectivity index (χ4n) is 3.33. The van der Waals surface area contributed by atoms with Crippen LogP contribution >= 0.6 is 37.2 Å². The van der Waals surface area contributed by atoms with Crippen molar-refractivity contribution in [2.75, 3.05) is 31.9 Å². The molecule has 2 rings (SSSR count). The second-order valence-corrected chi connectivity index (χ2v) is 9.25. The van der Waals surface area contributed by atoms with E-state index in [-0.39, 0.29) is 22.8 Å². The number of aliphatic hydroxyl groups is 2. The molecule has 0 saturated carbocycles. The monoisotopic (exact) mass is 366 g/mol. The minimum absolute atomic E-state index is 0.114. The first-order valence-electron chi connectivity index (χ1n) is 8.22. The SMILES string of the molecule is CC(CSN1CC[C@H](S)[C@H](O)C1)[C@@H]1CCN(C(C)S)C[C@H]1O. The van der Waals surface area contributed by atoms with Crippen molar-refractivity contribution in [1.29, 1.82) is 0 Å². The fraction of sp³-hybridized carbons (Fsp3) is 1.00. The molecule has 0 aliphatic carbocycles. The third-order valence-electron chi connectivity index (χ3n) is 4.95. The molecule has 0 aromatic carbocycles. The first kappa shape index (κ1) is 19.2. The molecule has 2 aliphatic heterocycles. The summed E-state index contributed by atoms with van der Waals surface area (Å²) in [6.45, 7) is 7.73. The molecule has 4 nitrogen and oxygen atoms in total. The van der Waals surface area contributed by atoms with Crippen molar-refractivity contribution in [1.82, 2.24) is 9.21 Å². The number of thiol groups is 2. The number of rotatable bonds is 5. The second kappa shape index (κ2) is 8.83. The number of piperidine rings is 2. The van der Waals surface area contributed by atoms with Gasteiger partial charge in [0, 0.05) is 36.0 Å². The number of hydrogen-bond donors (Lipinski definition) is 4. The van der Waals surface area contributed by atoms with Gasteiger partial charge in [-0.05, 0) is 38.1 Å². The molecule has 2 saturated heterocycles. The van der Waals surface area contributed by atoms with Crippen LogP contribution in [0.1, 0.15) is 26.7 Å². The Kier molecular flexibility index (Phi) is 7.71. The van der Waals surface area contributed by atoms with Gasteiger partial charge in [0.05, 0.1) is 12.2 Å². The fourth-order valence-corrected chi connectivity index (χ4v) is 4.94. The summed E-state index contributed by atoms with van der Waals surface area (Å²) in [4.78, 5) is 2.23. The molecule has 2 heterocycles. The van der Waals surface area contributed by atoms with Crippen LogP contribution < -0.4 is 0 Å².